The quantitative estimate of drug-likeness (QED) is 0.510. The molecule has 134 valence electrons. The molecule has 5 nitrogen and oxygen atoms in total. The summed E-state index contributed by atoms with van der Waals surface area (Å²) in [5.41, 5.74) is 1.03. The number of hydrogen-bond acceptors (Lipinski definition) is 5. The smallest absolute Gasteiger partial charge is 0.262 e. The van der Waals surface area contributed by atoms with Gasteiger partial charge in [-0.25, -0.2) is 4.98 Å². The van der Waals surface area contributed by atoms with Crippen LogP contribution >= 0.6 is 11.8 Å². The van der Waals surface area contributed by atoms with Gasteiger partial charge in [-0.2, -0.15) is 0 Å². The molecule has 0 atom stereocenters. The van der Waals surface area contributed by atoms with Crippen LogP contribution in [0.4, 0.5) is 0 Å². The average Bonchev–Trinajstić information content (AvgIpc) is 2.62. The zero-order valence-electron chi connectivity index (χ0n) is 15.1. The number of carbonyl (C=O) groups excluding carboxylic acids is 1. The Kier molecular flexibility index (Phi) is 5.23. The largest absolute Gasteiger partial charge is 0.298 e. The first kappa shape index (κ1) is 18.3. The van der Waals surface area contributed by atoms with Crippen molar-refractivity contribution in [2.75, 3.05) is 5.75 Å². The topological polar surface area (TPSA) is 64.8 Å². The van der Waals surface area contributed by atoms with E-state index >= 15 is 0 Å². The van der Waals surface area contributed by atoms with Crippen molar-refractivity contribution in [3.8, 4) is 0 Å². The van der Waals surface area contributed by atoms with Crippen LogP contribution in [0.3, 0.4) is 0 Å². The van der Waals surface area contributed by atoms with Crippen molar-refractivity contribution in [2.45, 2.75) is 32.5 Å². The molecule has 0 unspecified atom stereocenters. The van der Waals surface area contributed by atoms with Crippen molar-refractivity contribution in [2.24, 2.45) is 5.41 Å². The number of Topliss-reactive ketones (excluding diaryl/α,β-unsaturated/α-hetero) is 1. The first-order chi connectivity index (χ1) is 12.4. The standard InChI is InChI=1S/C20H21N3O2S/c1-20(2,3)17(24)13-26-19-22-16-9-5-4-8-15(16)18(25)23(19)12-14-7-6-10-21-11-14/h4-11H,12-13H2,1-3H3. The van der Waals surface area contributed by atoms with Gasteiger partial charge in [-0.15, -0.1) is 0 Å². The molecular formula is C20H21N3O2S. The van der Waals surface area contributed by atoms with Crippen molar-refractivity contribution < 1.29 is 4.79 Å². The average molecular weight is 367 g/mol. The molecule has 0 aliphatic heterocycles. The molecule has 0 fully saturated rings. The number of ketones is 1. The summed E-state index contributed by atoms with van der Waals surface area (Å²) in [5.74, 6) is 0.402. The number of carbonyl (C=O) groups is 1. The molecular weight excluding hydrogens is 346 g/mol. The van der Waals surface area contributed by atoms with Gasteiger partial charge in [0.2, 0.25) is 0 Å². The highest BCUT2D eigenvalue weighted by molar-refractivity contribution is 7.99. The molecule has 6 heteroatoms. The van der Waals surface area contributed by atoms with Gasteiger partial charge in [0.05, 0.1) is 23.2 Å². The molecule has 3 rings (SSSR count). The number of hydrogen-bond donors (Lipinski definition) is 0. The Hall–Kier alpha value is -2.47. The van der Waals surface area contributed by atoms with Gasteiger partial charge in [-0.05, 0) is 23.8 Å². The fraction of sp³-hybridized carbons (Fsp3) is 0.300. The van der Waals surface area contributed by atoms with E-state index in [2.05, 4.69) is 9.97 Å². The Balaban J connectivity index is 2.03. The lowest BCUT2D eigenvalue weighted by molar-refractivity contribution is -0.123. The second kappa shape index (κ2) is 7.41. The Morgan fingerprint density at radius 3 is 2.62 bits per heavy atom. The molecule has 26 heavy (non-hydrogen) atoms. The zero-order valence-corrected chi connectivity index (χ0v) is 15.9. The third-order valence-corrected chi connectivity index (χ3v) is 5.04. The highest BCUT2D eigenvalue weighted by Gasteiger charge is 2.22. The van der Waals surface area contributed by atoms with Gasteiger partial charge in [0.25, 0.3) is 5.56 Å². The van der Waals surface area contributed by atoms with Crippen LogP contribution in [0.2, 0.25) is 0 Å². The third-order valence-electron chi connectivity index (χ3n) is 4.06. The SMILES string of the molecule is CC(C)(C)C(=O)CSc1nc2ccccc2c(=O)n1Cc1cccnc1. The maximum Gasteiger partial charge on any atom is 0.262 e. The molecule has 0 aliphatic carbocycles. The maximum atomic E-state index is 13.0. The van der Waals surface area contributed by atoms with Crippen molar-refractivity contribution >= 4 is 28.4 Å². The highest BCUT2D eigenvalue weighted by Crippen LogP contribution is 2.23. The van der Waals surface area contributed by atoms with E-state index in [1.165, 1.54) is 11.8 Å². The lowest BCUT2D eigenvalue weighted by atomic mass is 9.92. The fourth-order valence-electron chi connectivity index (χ4n) is 2.42. The summed E-state index contributed by atoms with van der Waals surface area (Å²) in [5, 5.41) is 1.12. The number of aromatic nitrogens is 3. The number of para-hydroxylation sites is 1. The summed E-state index contributed by atoms with van der Waals surface area (Å²) >= 11 is 1.31. The molecule has 3 aromatic rings. The van der Waals surface area contributed by atoms with Gasteiger partial charge >= 0.3 is 0 Å². The summed E-state index contributed by atoms with van der Waals surface area (Å²) in [6.45, 7) is 6.06. The molecule has 1 aromatic carbocycles. The summed E-state index contributed by atoms with van der Waals surface area (Å²) in [6.07, 6.45) is 3.43. The van der Waals surface area contributed by atoms with E-state index in [1.54, 1.807) is 23.0 Å². The van der Waals surface area contributed by atoms with Crippen LogP contribution in [0.15, 0.2) is 58.7 Å². The van der Waals surface area contributed by atoms with E-state index in [-0.39, 0.29) is 17.1 Å². The van der Waals surface area contributed by atoms with Gasteiger partial charge < -0.3 is 0 Å². The molecule has 0 N–H and O–H groups in total. The molecule has 2 aromatic heterocycles. The van der Waals surface area contributed by atoms with Crippen LogP contribution in [0.25, 0.3) is 10.9 Å². The molecule has 0 spiro atoms. The first-order valence-electron chi connectivity index (χ1n) is 8.41. The van der Waals surface area contributed by atoms with E-state index in [0.717, 1.165) is 5.56 Å². The number of rotatable bonds is 5. The van der Waals surface area contributed by atoms with Gasteiger partial charge in [0.1, 0.15) is 5.78 Å². The Morgan fingerprint density at radius 1 is 1.15 bits per heavy atom. The van der Waals surface area contributed by atoms with Crippen molar-refractivity contribution in [1.82, 2.24) is 14.5 Å². The van der Waals surface area contributed by atoms with Crippen molar-refractivity contribution in [1.29, 1.82) is 0 Å². The lowest BCUT2D eigenvalue weighted by Crippen LogP contribution is -2.26. The number of benzene rings is 1. The molecule has 0 saturated heterocycles. The summed E-state index contributed by atoms with van der Waals surface area (Å²) < 4.78 is 1.62. The monoisotopic (exact) mass is 367 g/mol. The number of nitrogens with zero attached hydrogens (tertiary/aromatic N) is 3. The van der Waals surface area contributed by atoms with Gasteiger partial charge in [-0.1, -0.05) is 50.7 Å². The Labute approximate surface area is 156 Å². The van der Waals surface area contributed by atoms with E-state index in [1.807, 2.05) is 51.1 Å². The Bertz CT molecular complexity index is 991. The first-order valence-corrected chi connectivity index (χ1v) is 9.39. The van der Waals surface area contributed by atoms with Crippen molar-refractivity contribution in [3.05, 3.63) is 64.7 Å². The minimum atomic E-state index is -0.418. The van der Waals surface area contributed by atoms with Gasteiger partial charge in [0, 0.05) is 17.8 Å². The number of thioether (sulfide) groups is 1. The van der Waals surface area contributed by atoms with Crippen LogP contribution < -0.4 is 5.56 Å². The van der Waals surface area contributed by atoms with Gasteiger partial charge in [0.15, 0.2) is 5.16 Å². The van der Waals surface area contributed by atoms with Crippen LogP contribution in [0.1, 0.15) is 26.3 Å². The predicted octanol–water partition coefficient (Wildman–Crippen LogP) is 3.55. The summed E-state index contributed by atoms with van der Waals surface area (Å²) in [7, 11) is 0. The van der Waals surface area contributed by atoms with E-state index in [4.69, 9.17) is 0 Å². The van der Waals surface area contributed by atoms with E-state index < -0.39 is 5.41 Å². The van der Waals surface area contributed by atoms with E-state index in [9.17, 15) is 9.59 Å². The predicted molar refractivity (Wildman–Crippen MR) is 105 cm³/mol. The molecule has 0 aliphatic rings. The van der Waals surface area contributed by atoms with Crippen LogP contribution in [-0.2, 0) is 11.3 Å². The van der Waals surface area contributed by atoms with Crippen molar-refractivity contribution in [3.63, 3.8) is 0 Å². The fourth-order valence-corrected chi connectivity index (χ4v) is 3.58. The normalized spacial score (nSPS) is 11.7. The van der Waals surface area contributed by atoms with Crippen LogP contribution in [-0.4, -0.2) is 26.1 Å². The third kappa shape index (κ3) is 4.02. The van der Waals surface area contributed by atoms with Gasteiger partial charge in [-0.3, -0.25) is 19.1 Å². The second-order valence-electron chi connectivity index (χ2n) is 7.13. The zero-order chi connectivity index (χ0) is 18.7. The number of pyridine rings is 1. The molecule has 0 radical (unpaired) electrons. The highest BCUT2D eigenvalue weighted by atomic mass is 32.2. The van der Waals surface area contributed by atoms with E-state index in [0.29, 0.717) is 22.6 Å². The maximum absolute atomic E-state index is 13.0. The van der Waals surface area contributed by atoms with Crippen LogP contribution in [0, 0.1) is 5.41 Å². The number of fused-ring (bicyclic) bond motifs is 1. The lowest BCUT2D eigenvalue weighted by Gasteiger charge is -2.17. The molecule has 0 bridgehead atoms. The minimum Gasteiger partial charge on any atom is -0.298 e. The molecule has 0 amide bonds. The minimum absolute atomic E-state index is 0.106. The summed E-state index contributed by atoms with van der Waals surface area (Å²) in [4.78, 5) is 34.1. The summed E-state index contributed by atoms with van der Waals surface area (Å²) in [6, 6.07) is 11.0. The van der Waals surface area contributed by atoms with Crippen LogP contribution in [0.5, 0.6) is 0 Å². The molecule has 0 saturated carbocycles. The Morgan fingerprint density at radius 2 is 1.92 bits per heavy atom. The second-order valence-corrected chi connectivity index (χ2v) is 8.07. The molecule has 2 heterocycles.